The molecule has 26 heavy (non-hydrogen) atoms. The van der Waals surface area contributed by atoms with Crippen molar-refractivity contribution in [2.24, 2.45) is 5.73 Å². The molecule has 3 rings (SSSR count). The number of carbonyl (C=O) groups excluding carboxylic acids is 2. The molecule has 3 N–H and O–H groups in total. The first-order valence-electron chi connectivity index (χ1n) is 8.33. The molecule has 0 spiro atoms. The molecule has 1 aliphatic rings. The third-order valence-electron chi connectivity index (χ3n) is 4.25. The van der Waals surface area contributed by atoms with E-state index in [9.17, 15) is 14.0 Å². The highest BCUT2D eigenvalue weighted by Crippen LogP contribution is 2.23. The second-order valence-electron chi connectivity index (χ2n) is 6.14. The number of likely N-dealkylation sites (tertiary alicyclic amines) is 1. The van der Waals surface area contributed by atoms with E-state index in [1.54, 1.807) is 12.1 Å². The predicted molar refractivity (Wildman–Crippen MR) is 93.8 cm³/mol. The van der Waals surface area contributed by atoms with Gasteiger partial charge in [0.05, 0.1) is 6.54 Å². The van der Waals surface area contributed by atoms with Gasteiger partial charge in [0, 0.05) is 13.0 Å². The topological polar surface area (TPSA) is 84.7 Å². The monoisotopic (exact) mass is 357 g/mol. The molecule has 6 nitrogen and oxygen atoms in total. The van der Waals surface area contributed by atoms with Crippen molar-refractivity contribution < 1.29 is 18.7 Å². The molecule has 0 bridgehead atoms. The van der Waals surface area contributed by atoms with Crippen LogP contribution in [0.25, 0.3) is 0 Å². The van der Waals surface area contributed by atoms with Crippen LogP contribution in [0.4, 0.5) is 9.18 Å². The van der Waals surface area contributed by atoms with Crippen LogP contribution in [0.15, 0.2) is 54.6 Å². The highest BCUT2D eigenvalue weighted by molar-refractivity contribution is 5.86. The van der Waals surface area contributed by atoms with E-state index >= 15 is 0 Å². The highest BCUT2D eigenvalue weighted by Gasteiger charge is 2.39. The molecule has 0 radical (unpaired) electrons. The van der Waals surface area contributed by atoms with Gasteiger partial charge in [0.2, 0.25) is 5.91 Å². The maximum atomic E-state index is 12.9. The number of halogens is 1. The lowest BCUT2D eigenvalue weighted by atomic mass is 10.2. The molecule has 1 saturated heterocycles. The van der Waals surface area contributed by atoms with Crippen molar-refractivity contribution in [2.75, 3.05) is 6.54 Å². The molecule has 2 atom stereocenters. The van der Waals surface area contributed by atoms with E-state index in [0.717, 1.165) is 5.56 Å². The van der Waals surface area contributed by atoms with E-state index in [2.05, 4.69) is 5.32 Å². The Kier molecular flexibility index (Phi) is 5.36. The first kappa shape index (κ1) is 17.7. The quantitative estimate of drug-likeness (QED) is 0.859. The summed E-state index contributed by atoms with van der Waals surface area (Å²) in [5, 5.41) is 2.73. The fourth-order valence-electron chi connectivity index (χ4n) is 2.95. The fraction of sp³-hybridized carbons (Fsp3) is 0.263. The van der Waals surface area contributed by atoms with Crippen LogP contribution in [-0.2, 0) is 11.3 Å². The summed E-state index contributed by atoms with van der Waals surface area (Å²) in [6.45, 7) is 0.489. The molecule has 1 aliphatic heterocycles. The number of primary amides is 1. The summed E-state index contributed by atoms with van der Waals surface area (Å²) in [6.07, 6.45) is 0.0280. The minimum atomic E-state index is -0.725. The molecule has 2 aromatic rings. The second-order valence-corrected chi connectivity index (χ2v) is 6.14. The molecule has 136 valence electrons. The zero-order chi connectivity index (χ0) is 18.5. The van der Waals surface area contributed by atoms with Gasteiger partial charge < -0.3 is 20.7 Å². The van der Waals surface area contributed by atoms with E-state index in [1.165, 1.54) is 17.0 Å². The molecular weight excluding hydrogens is 337 g/mol. The van der Waals surface area contributed by atoms with Gasteiger partial charge >= 0.3 is 6.03 Å². The predicted octanol–water partition coefficient (Wildman–Crippen LogP) is 2.04. The Balaban J connectivity index is 1.61. The second kappa shape index (κ2) is 7.86. The molecule has 0 unspecified atom stereocenters. The van der Waals surface area contributed by atoms with Gasteiger partial charge in [-0.3, -0.25) is 4.79 Å². The molecular formula is C19H20FN3O3. The van der Waals surface area contributed by atoms with Gasteiger partial charge in [-0.1, -0.05) is 30.3 Å². The van der Waals surface area contributed by atoms with Crippen molar-refractivity contribution >= 4 is 11.9 Å². The van der Waals surface area contributed by atoms with Gasteiger partial charge in [-0.2, -0.15) is 0 Å². The Morgan fingerprint density at radius 1 is 1.15 bits per heavy atom. The number of amides is 3. The average molecular weight is 357 g/mol. The average Bonchev–Trinajstić information content (AvgIpc) is 3.06. The van der Waals surface area contributed by atoms with Crippen LogP contribution in [0.3, 0.4) is 0 Å². The number of benzene rings is 2. The van der Waals surface area contributed by atoms with Crippen LogP contribution >= 0.6 is 0 Å². The van der Waals surface area contributed by atoms with Gasteiger partial charge in [-0.15, -0.1) is 0 Å². The number of urea groups is 1. The maximum absolute atomic E-state index is 12.9. The van der Waals surface area contributed by atoms with Crippen molar-refractivity contribution in [2.45, 2.75) is 25.1 Å². The van der Waals surface area contributed by atoms with Crippen LogP contribution in [0.2, 0.25) is 0 Å². The zero-order valence-corrected chi connectivity index (χ0v) is 14.1. The summed E-state index contributed by atoms with van der Waals surface area (Å²) < 4.78 is 18.8. The number of nitrogens with two attached hydrogens (primary N) is 1. The molecule has 0 saturated carbocycles. The van der Waals surface area contributed by atoms with Crippen molar-refractivity contribution in [3.05, 3.63) is 66.0 Å². The first-order chi connectivity index (χ1) is 12.5. The highest BCUT2D eigenvalue weighted by atomic mass is 19.1. The van der Waals surface area contributed by atoms with Crippen molar-refractivity contribution in [1.29, 1.82) is 0 Å². The smallest absolute Gasteiger partial charge is 0.318 e. The molecule has 1 heterocycles. The van der Waals surface area contributed by atoms with E-state index < -0.39 is 18.0 Å². The summed E-state index contributed by atoms with van der Waals surface area (Å²) >= 11 is 0. The summed E-state index contributed by atoms with van der Waals surface area (Å²) in [6, 6.07) is 13.9. The largest absolute Gasteiger partial charge is 0.488 e. The lowest BCUT2D eigenvalue weighted by Crippen LogP contribution is -2.48. The number of carbonyl (C=O) groups is 2. The van der Waals surface area contributed by atoms with E-state index in [1.807, 2.05) is 30.3 Å². The zero-order valence-electron chi connectivity index (χ0n) is 14.1. The lowest BCUT2D eigenvalue weighted by Gasteiger charge is -2.22. The standard InChI is InChI=1S/C19H20FN3O3/c20-14-8-6-13(7-9-14)11-22-19(25)23-12-16(10-17(23)18(21)24)26-15-4-2-1-3-5-15/h1-9,16-17H,10-12H2,(H2,21,24)(H,22,25)/t16-,17-/m0/s1. The maximum Gasteiger partial charge on any atom is 0.318 e. The van der Waals surface area contributed by atoms with Gasteiger partial charge in [-0.25, -0.2) is 9.18 Å². The number of nitrogens with zero attached hydrogens (tertiary/aromatic N) is 1. The van der Waals surface area contributed by atoms with Crippen molar-refractivity contribution in [3.63, 3.8) is 0 Å². The Labute approximate surface area is 150 Å². The summed E-state index contributed by atoms with van der Waals surface area (Å²) in [7, 11) is 0. The normalized spacial score (nSPS) is 19.2. The van der Waals surface area contributed by atoms with Crippen LogP contribution in [0.1, 0.15) is 12.0 Å². The van der Waals surface area contributed by atoms with Crippen LogP contribution < -0.4 is 15.8 Å². The minimum absolute atomic E-state index is 0.227. The molecule has 0 aromatic heterocycles. The van der Waals surface area contributed by atoms with Gasteiger partial charge in [-0.05, 0) is 29.8 Å². The van der Waals surface area contributed by atoms with Gasteiger partial charge in [0.1, 0.15) is 23.7 Å². The van der Waals surface area contributed by atoms with E-state index in [4.69, 9.17) is 10.5 Å². The van der Waals surface area contributed by atoms with Crippen molar-refractivity contribution in [1.82, 2.24) is 10.2 Å². The Morgan fingerprint density at radius 2 is 1.85 bits per heavy atom. The van der Waals surface area contributed by atoms with E-state index in [-0.39, 0.29) is 25.0 Å². The Morgan fingerprint density at radius 3 is 2.50 bits per heavy atom. The van der Waals surface area contributed by atoms with Crippen molar-refractivity contribution in [3.8, 4) is 5.75 Å². The van der Waals surface area contributed by atoms with Crippen LogP contribution in [0, 0.1) is 5.82 Å². The lowest BCUT2D eigenvalue weighted by molar-refractivity contribution is -0.121. The number of ether oxygens (including phenoxy) is 1. The molecule has 7 heteroatoms. The number of hydrogen-bond acceptors (Lipinski definition) is 3. The van der Waals surface area contributed by atoms with Crippen LogP contribution in [0.5, 0.6) is 5.75 Å². The molecule has 3 amide bonds. The first-order valence-corrected chi connectivity index (χ1v) is 8.33. The van der Waals surface area contributed by atoms with Crippen LogP contribution in [-0.4, -0.2) is 35.5 Å². The molecule has 1 fully saturated rings. The Hall–Kier alpha value is -3.09. The fourth-order valence-corrected chi connectivity index (χ4v) is 2.95. The summed E-state index contributed by atoms with van der Waals surface area (Å²) in [5.74, 6) is -0.232. The number of rotatable bonds is 5. The number of nitrogens with one attached hydrogen (secondary N) is 1. The summed E-state index contributed by atoms with van der Waals surface area (Å²) in [5.41, 5.74) is 6.20. The minimum Gasteiger partial charge on any atom is -0.488 e. The van der Waals surface area contributed by atoms with E-state index in [0.29, 0.717) is 12.2 Å². The number of hydrogen-bond donors (Lipinski definition) is 2. The number of para-hydroxylation sites is 1. The molecule has 2 aromatic carbocycles. The van der Waals surface area contributed by atoms with Gasteiger partial charge in [0.15, 0.2) is 0 Å². The summed E-state index contributed by atoms with van der Waals surface area (Å²) in [4.78, 5) is 25.6. The molecule has 0 aliphatic carbocycles. The van der Waals surface area contributed by atoms with Gasteiger partial charge in [0.25, 0.3) is 0 Å². The third kappa shape index (κ3) is 4.30. The third-order valence-corrected chi connectivity index (χ3v) is 4.25. The SMILES string of the molecule is NC(=O)[C@@H]1C[C@H](Oc2ccccc2)CN1C(=O)NCc1ccc(F)cc1. The Bertz CT molecular complexity index is 767.